The van der Waals surface area contributed by atoms with E-state index >= 15 is 0 Å². The number of rotatable bonds is 3. The number of aromatic nitrogens is 2. The molecule has 5 heteroatoms. The average molecular weight is 302 g/mol. The highest BCUT2D eigenvalue weighted by Crippen LogP contribution is 2.24. The van der Waals surface area contributed by atoms with Gasteiger partial charge in [-0.05, 0) is 33.6 Å². The number of hydrogen-bond donors (Lipinski definition) is 0. The highest BCUT2D eigenvalue weighted by molar-refractivity contribution is 9.10. The van der Waals surface area contributed by atoms with Gasteiger partial charge < -0.3 is 4.74 Å². The van der Waals surface area contributed by atoms with Crippen LogP contribution in [-0.2, 0) is 6.54 Å². The van der Waals surface area contributed by atoms with Gasteiger partial charge in [0.25, 0.3) is 0 Å². The molecule has 0 amide bonds. The van der Waals surface area contributed by atoms with Crippen LogP contribution in [0.15, 0.2) is 35.1 Å². The molecule has 0 aliphatic heterocycles. The van der Waals surface area contributed by atoms with Crippen LogP contribution in [0.25, 0.3) is 0 Å². The summed E-state index contributed by atoms with van der Waals surface area (Å²) < 4.78 is 7.79. The van der Waals surface area contributed by atoms with Crippen LogP contribution in [0.2, 0.25) is 5.02 Å². The van der Waals surface area contributed by atoms with Crippen LogP contribution in [0, 0.1) is 0 Å². The second-order valence-corrected chi connectivity index (χ2v) is 4.48. The van der Waals surface area contributed by atoms with Crippen molar-refractivity contribution in [1.29, 1.82) is 0 Å². The monoisotopic (exact) mass is 300 g/mol. The predicted octanol–water partition coefficient (Wildman–Crippen LogP) is 3.36. The largest absolute Gasteiger partial charge is 0.492 e. The van der Waals surface area contributed by atoms with Crippen molar-refractivity contribution in [2.45, 2.75) is 6.54 Å². The van der Waals surface area contributed by atoms with E-state index in [9.17, 15) is 0 Å². The molecule has 2 rings (SSSR count). The second-order valence-electron chi connectivity index (χ2n) is 3.29. The summed E-state index contributed by atoms with van der Waals surface area (Å²) in [4.78, 5) is 0. The minimum atomic E-state index is 0.682. The smallest absolute Gasteiger partial charge is 0.171 e. The van der Waals surface area contributed by atoms with Gasteiger partial charge >= 0.3 is 0 Å². The Morgan fingerprint density at radius 2 is 2.06 bits per heavy atom. The van der Waals surface area contributed by atoms with Crippen LogP contribution in [-0.4, -0.2) is 16.9 Å². The summed E-state index contributed by atoms with van der Waals surface area (Å²) in [5.41, 5.74) is 1.14. The molecule has 0 saturated carbocycles. The van der Waals surface area contributed by atoms with E-state index in [1.807, 2.05) is 28.9 Å². The Bertz CT molecular complexity index is 481. The van der Waals surface area contributed by atoms with Gasteiger partial charge in [0.15, 0.2) is 5.75 Å². The zero-order valence-electron chi connectivity index (χ0n) is 8.65. The summed E-state index contributed by atoms with van der Waals surface area (Å²) in [6, 6.07) is 7.68. The normalized spacial score (nSPS) is 10.4. The van der Waals surface area contributed by atoms with Gasteiger partial charge in [-0.15, -0.1) is 0 Å². The molecule has 3 nitrogen and oxygen atoms in total. The van der Waals surface area contributed by atoms with E-state index in [2.05, 4.69) is 21.0 Å². The number of ether oxygens (including phenoxy) is 1. The van der Waals surface area contributed by atoms with Crippen molar-refractivity contribution in [3.8, 4) is 5.75 Å². The fraction of sp³-hybridized carbons (Fsp3) is 0.182. The molecule has 0 saturated heterocycles. The average Bonchev–Trinajstić information content (AvgIpc) is 2.63. The molecule has 0 unspecified atom stereocenters. The Balaban J connectivity index is 2.20. The van der Waals surface area contributed by atoms with Gasteiger partial charge in [-0.1, -0.05) is 23.7 Å². The number of benzene rings is 1. The van der Waals surface area contributed by atoms with Gasteiger partial charge in [-0.25, -0.2) is 0 Å². The lowest BCUT2D eigenvalue weighted by atomic mass is 10.2. The van der Waals surface area contributed by atoms with Crippen LogP contribution in [0.1, 0.15) is 5.56 Å². The molecular weight excluding hydrogens is 291 g/mol. The van der Waals surface area contributed by atoms with Crippen molar-refractivity contribution in [2.75, 3.05) is 7.11 Å². The van der Waals surface area contributed by atoms with Gasteiger partial charge in [0.05, 0.1) is 19.9 Å². The van der Waals surface area contributed by atoms with Crippen molar-refractivity contribution < 1.29 is 4.74 Å². The van der Waals surface area contributed by atoms with E-state index in [1.54, 1.807) is 13.3 Å². The highest BCUT2D eigenvalue weighted by Gasteiger charge is 2.07. The molecule has 1 heterocycles. The zero-order chi connectivity index (χ0) is 11.5. The van der Waals surface area contributed by atoms with E-state index < -0.39 is 0 Å². The van der Waals surface area contributed by atoms with E-state index in [-0.39, 0.29) is 0 Å². The van der Waals surface area contributed by atoms with Crippen LogP contribution in [0.5, 0.6) is 5.75 Å². The van der Waals surface area contributed by atoms with Crippen LogP contribution < -0.4 is 4.74 Å². The molecule has 0 atom stereocenters. The Kier molecular flexibility index (Phi) is 3.51. The zero-order valence-corrected chi connectivity index (χ0v) is 11.0. The molecule has 1 aromatic heterocycles. The highest BCUT2D eigenvalue weighted by atomic mass is 79.9. The topological polar surface area (TPSA) is 27.1 Å². The summed E-state index contributed by atoms with van der Waals surface area (Å²) in [6.07, 6.45) is 1.68. The molecule has 0 spiro atoms. The minimum absolute atomic E-state index is 0.682. The van der Waals surface area contributed by atoms with E-state index in [1.165, 1.54) is 0 Å². The predicted molar refractivity (Wildman–Crippen MR) is 67.0 cm³/mol. The molecule has 0 bridgehead atoms. The molecule has 2 aromatic rings. The van der Waals surface area contributed by atoms with Crippen molar-refractivity contribution in [3.63, 3.8) is 0 Å². The molecule has 0 aliphatic carbocycles. The van der Waals surface area contributed by atoms with E-state index in [0.29, 0.717) is 6.54 Å². The fourth-order valence-corrected chi connectivity index (χ4v) is 1.97. The van der Waals surface area contributed by atoms with Crippen LogP contribution in [0.3, 0.4) is 0 Å². The third-order valence-corrected chi connectivity index (χ3v) is 3.26. The quantitative estimate of drug-likeness (QED) is 0.869. The first-order valence-electron chi connectivity index (χ1n) is 4.70. The Morgan fingerprint density at radius 3 is 2.62 bits per heavy atom. The SMILES string of the molecule is COc1cnn(Cc2ccc(Cl)cc2)c1Br. The molecule has 0 aliphatic rings. The van der Waals surface area contributed by atoms with Crippen molar-refractivity contribution in [1.82, 2.24) is 9.78 Å². The number of methoxy groups -OCH3 is 1. The molecule has 0 fully saturated rings. The maximum absolute atomic E-state index is 5.82. The molecule has 16 heavy (non-hydrogen) atoms. The molecule has 0 radical (unpaired) electrons. The molecule has 1 aromatic carbocycles. The number of nitrogens with zero attached hydrogens (tertiary/aromatic N) is 2. The third-order valence-electron chi connectivity index (χ3n) is 2.21. The number of hydrogen-bond acceptors (Lipinski definition) is 2. The summed E-state index contributed by atoms with van der Waals surface area (Å²) >= 11 is 9.25. The Labute approximate surface area is 107 Å². The van der Waals surface area contributed by atoms with Crippen LogP contribution >= 0.6 is 27.5 Å². The molecule has 0 N–H and O–H groups in total. The Hall–Kier alpha value is -1.000. The minimum Gasteiger partial charge on any atom is -0.492 e. The lowest BCUT2D eigenvalue weighted by Crippen LogP contribution is -2.01. The number of halogens is 2. The lowest BCUT2D eigenvalue weighted by Gasteiger charge is -2.04. The maximum atomic E-state index is 5.82. The van der Waals surface area contributed by atoms with Crippen LogP contribution in [0.4, 0.5) is 0 Å². The van der Waals surface area contributed by atoms with Gasteiger partial charge in [-0.2, -0.15) is 5.10 Å². The van der Waals surface area contributed by atoms with Crippen molar-refractivity contribution in [3.05, 3.63) is 45.7 Å². The third kappa shape index (κ3) is 2.39. The van der Waals surface area contributed by atoms with Gasteiger partial charge in [-0.3, -0.25) is 4.68 Å². The molecule has 84 valence electrons. The summed E-state index contributed by atoms with van der Waals surface area (Å²) in [5, 5.41) is 4.95. The first-order chi connectivity index (χ1) is 7.70. The maximum Gasteiger partial charge on any atom is 0.171 e. The van der Waals surface area contributed by atoms with Gasteiger partial charge in [0, 0.05) is 5.02 Å². The Morgan fingerprint density at radius 1 is 1.38 bits per heavy atom. The first-order valence-corrected chi connectivity index (χ1v) is 5.87. The molecular formula is C11H10BrClN2O. The summed E-state index contributed by atoms with van der Waals surface area (Å²) in [7, 11) is 1.62. The summed E-state index contributed by atoms with van der Waals surface area (Å²) in [5.74, 6) is 0.731. The van der Waals surface area contributed by atoms with E-state index in [0.717, 1.165) is 20.9 Å². The first kappa shape index (κ1) is 11.5. The van der Waals surface area contributed by atoms with Crippen molar-refractivity contribution in [2.24, 2.45) is 0 Å². The van der Waals surface area contributed by atoms with E-state index in [4.69, 9.17) is 16.3 Å². The second kappa shape index (κ2) is 4.89. The van der Waals surface area contributed by atoms with Gasteiger partial charge in [0.2, 0.25) is 0 Å². The lowest BCUT2D eigenvalue weighted by molar-refractivity contribution is 0.411. The standard InChI is InChI=1S/C11H10BrClN2O/c1-16-10-6-14-15(11(10)12)7-8-2-4-9(13)5-3-8/h2-6H,7H2,1H3. The van der Waals surface area contributed by atoms with Crippen molar-refractivity contribution >= 4 is 27.5 Å². The van der Waals surface area contributed by atoms with Gasteiger partial charge in [0.1, 0.15) is 4.60 Å². The summed E-state index contributed by atoms with van der Waals surface area (Å²) in [6.45, 7) is 0.682. The fourth-order valence-electron chi connectivity index (χ4n) is 1.36.